The molecule has 1 fully saturated rings. The molecule has 0 aliphatic carbocycles. The Bertz CT molecular complexity index is 476. The normalized spacial score (nSPS) is 14.8. The molecule has 0 atom stereocenters. The number of hydrogen-bond donors (Lipinski definition) is 1. The van der Waals surface area contributed by atoms with Gasteiger partial charge in [-0.3, -0.25) is 0 Å². The van der Waals surface area contributed by atoms with Crippen LogP contribution < -0.4 is 15.0 Å². The molecule has 122 valence electrons. The summed E-state index contributed by atoms with van der Waals surface area (Å²) in [5.74, 6) is 0.927. The van der Waals surface area contributed by atoms with E-state index in [9.17, 15) is 0 Å². The largest absolute Gasteiger partial charge is 0.495 e. The molecule has 0 radical (unpaired) electrons. The summed E-state index contributed by atoms with van der Waals surface area (Å²) in [7, 11) is 3.43. The Morgan fingerprint density at radius 2 is 1.91 bits per heavy atom. The SMILES string of the molecule is COCCCNC(=S)N1CCN(c2ccccc2OC)CC1. The maximum absolute atomic E-state index is 5.46. The van der Waals surface area contributed by atoms with Crippen molar-refractivity contribution in [2.75, 3.05) is 58.5 Å². The Labute approximate surface area is 138 Å². The van der Waals surface area contributed by atoms with Crippen molar-refractivity contribution in [1.82, 2.24) is 10.2 Å². The predicted molar refractivity (Wildman–Crippen MR) is 93.9 cm³/mol. The van der Waals surface area contributed by atoms with Crippen LogP contribution in [0.1, 0.15) is 6.42 Å². The zero-order chi connectivity index (χ0) is 15.8. The van der Waals surface area contributed by atoms with Gasteiger partial charge < -0.3 is 24.6 Å². The number of methoxy groups -OCH3 is 2. The molecule has 22 heavy (non-hydrogen) atoms. The Morgan fingerprint density at radius 3 is 2.59 bits per heavy atom. The van der Waals surface area contributed by atoms with Crippen LogP contribution in [0.5, 0.6) is 5.75 Å². The predicted octanol–water partition coefficient (Wildman–Crippen LogP) is 1.73. The van der Waals surface area contributed by atoms with Crippen molar-refractivity contribution in [3.63, 3.8) is 0 Å². The Morgan fingerprint density at radius 1 is 1.18 bits per heavy atom. The first-order valence-corrected chi connectivity index (χ1v) is 8.06. The van der Waals surface area contributed by atoms with Gasteiger partial charge in [-0.25, -0.2) is 0 Å². The molecule has 1 N–H and O–H groups in total. The second-order valence-electron chi connectivity index (χ2n) is 5.22. The van der Waals surface area contributed by atoms with Gasteiger partial charge in [-0.15, -0.1) is 0 Å². The summed E-state index contributed by atoms with van der Waals surface area (Å²) in [5.41, 5.74) is 1.16. The first-order valence-electron chi connectivity index (χ1n) is 7.66. The van der Waals surface area contributed by atoms with E-state index in [1.165, 1.54) is 0 Å². The van der Waals surface area contributed by atoms with Gasteiger partial charge in [0, 0.05) is 46.4 Å². The van der Waals surface area contributed by atoms with Crippen LogP contribution in [0.4, 0.5) is 5.69 Å². The van der Waals surface area contributed by atoms with Gasteiger partial charge in [0.1, 0.15) is 5.75 Å². The van der Waals surface area contributed by atoms with Gasteiger partial charge in [-0.05, 0) is 30.8 Å². The second-order valence-corrected chi connectivity index (χ2v) is 5.61. The van der Waals surface area contributed by atoms with Crippen molar-refractivity contribution >= 4 is 23.0 Å². The topological polar surface area (TPSA) is 37.0 Å². The summed E-state index contributed by atoms with van der Waals surface area (Å²) in [6.07, 6.45) is 0.970. The molecule has 0 saturated carbocycles. The lowest BCUT2D eigenvalue weighted by Gasteiger charge is -2.37. The van der Waals surface area contributed by atoms with E-state index in [2.05, 4.69) is 21.2 Å². The molecular weight excluding hydrogens is 298 g/mol. The standard InChI is InChI=1S/C16H25N3O2S/c1-20-13-5-8-17-16(22)19-11-9-18(10-12-19)14-6-3-4-7-15(14)21-2/h3-4,6-7H,5,8-13H2,1-2H3,(H,17,22). The van der Waals surface area contributed by atoms with Crippen molar-refractivity contribution in [3.05, 3.63) is 24.3 Å². The Balaban J connectivity index is 1.81. The fourth-order valence-corrected chi connectivity index (χ4v) is 2.85. The van der Waals surface area contributed by atoms with E-state index in [1.807, 2.05) is 18.2 Å². The average molecular weight is 323 g/mol. The quantitative estimate of drug-likeness (QED) is 0.635. The van der Waals surface area contributed by atoms with Crippen molar-refractivity contribution < 1.29 is 9.47 Å². The first kappa shape index (κ1) is 16.8. The van der Waals surface area contributed by atoms with Crippen LogP contribution in [0.25, 0.3) is 0 Å². The van der Waals surface area contributed by atoms with E-state index >= 15 is 0 Å². The smallest absolute Gasteiger partial charge is 0.169 e. The molecule has 1 saturated heterocycles. The van der Waals surface area contributed by atoms with E-state index in [4.69, 9.17) is 21.7 Å². The van der Waals surface area contributed by atoms with Crippen LogP contribution in [0.3, 0.4) is 0 Å². The molecule has 0 bridgehead atoms. The minimum Gasteiger partial charge on any atom is -0.495 e. The van der Waals surface area contributed by atoms with Gasteiger partial charge in [-0.2, -0.15) is 0 Å². The van der Waals surface area contributed by atoms with Gasteiger partial charge in [0.05, 0.1) is 12.8 Å². The highest BCUT2D eigenvalue weighted by Crippen LogP contribution is 2.28. The number of nitrogens with one attached hydrogen (secondary N) is 1. The van der Waals surface area contributed by atoms with E-state index in [0.29, 0.717) is 0 Å². The fourth-order valence-electron chi connectivity index (χ4n) is 2.57. The molecule has 0 unspecified atom stereocenters. The highest BCUT2D eigenvalue weighted by atomic mass is 32.1. The van der Waals surface area contributed by atoms with Gasteiger partial charge in [0.15, 0.2) is 5.11 Å². The highest BCUT2D eigenvalue weighted by molar-refractivity contribution is 7.80. The summed E-state index contributed by atoms with van der Waals surface area (Å²) in [5, 5.41) is 4.14. The summed E-state index contributed by atoms with van der Waals surface area (Å²) >= 11 is 5.46. The summed E-state index contributed by atoms with van der Waals surface area (Å²) in [4.78, 5) is 4.58. The highest BCUT2D eigenvalue weighted by Gasteiger charge is 2.20. The number of thiocarbonyl (C=S) groups is 1. The molecule has 0 spiro atoms. The molecule has 1 aliphatic heterocycles. The number of para-hydroxylation sites is 2. The first-order chi connectivity index (χ1) is 10.8. The number of anilines is 1. The lowest BCUT2D eigenvalue weighted by Crippen LogP contribution is -2.52. The monoisotopic (exact) mass is 323 g/mol. The molecule has 6 heteroatoms. The van der Waals surface area contributed by atoms with Crippen molar-refractivity contribution in [3.8, 4) is 5.75 Å². The Hall–Kier alpha value is -1.53. The molecule has 1 heterocycles. The van der Waals surface area contributed by atoms with E-state index in [1.54, 1.807) is 14.2 Å². The summed E-state index contributed by atoms with van der Waals surface area (Å²) in [6.45, 7) is 5.36. The number of nitrogens with zero attached hydrogens (tertiary/aromatic N) is 2. The van der Waals surface area contributed by atoms with Crippen molar-refractivity contribution in [2.24, 2.45) is 0 Å². The van der Waals surface area contributed by atoms with Gasteiger partial charge in [0.2, 0.25) is 0 Å². The van der Waals surface area contributed by atoms with Gasteiger partial charge in [0.25, 0.3) is 0 Å². The van der Waals surface area contributed by atoms with Crippen molar-refractivity contribution in [2.45, 2.75) is 6.42 Å². The van der Waals surface area contributed by atoms with E-state index in [-0.39, 0.29) is 0 Å². The van der Waals surface area contributed by atoms with Crippen LogP contribution in [0.15, 0.2) is 24.3 Å². The average Bonchev–Trinajstić information content (AvgIpc) is 2.58. The third kappa shape index (κ3) is 4.48. The number of benzene rings is 1. The maximum atomic E-state index is 5.46. The molecule has 5 nitrogen and oxygen atoms in total. The van der Waals surface area contributed by atoms with Gasteiger partial charge in [-0.1, -0.05) is 12.1 Å². The van der Waals surface area contributed by atoms with Crippen LogP contribution >= 0.6 is 12.2 Å². The Kier molecular flexibility index (Phi) is 6.74. The summed E-state index contributed by atoms with van der Waals surface area (Å²) < 4.78 is 10.5. The van der Waals surface area contributed by atoms with Gasteiger partial charge >= 0.3 is 0 Å². The molecule has 1 aliphatic rings. The minimum absolute atomic E-state index is 0.761. The van der Waals surface area contributed by atoms with Crippen LogP contribution in [0, 0.1) is 0 Å². The number of rotatable bonds is 6. The third-order valence-corrected chi connectivity index (χ3v) is 4.20. The lowest BCUT2D eigenvalue weighted by atomic mass is 10.2. The lowest BCUT2D eigenvalue weighted by molar-refractivity contribution is 0.195. The number of piperazine rings is 1. The molecule has 1 aromatic rings. The summed E-state index contributed by atoms with van der Waals surface area (Å²) in [6, 6.07) is 8.16. The van der Waals surface area contributed by atoms with E-state index < -0.39 is 0 Å². The van der Waals surface area contributed by atoms with Crippen LogP contribution in [0.2, 0.25) is 0 Å². The third-order valence-electron chi connectivity index (χ3n) is 3.79. The molecule has 0 amide bonds. The fraction of sp³-hybridized carbons (Fsp3) is 0.562. The molecular formula is C16H25N3O2S. The zero-order valence-corrected chi connectivity index (χ0v) is 14.2. The maximum Gasteiger partial charge on any atom is 0.169 e. The molecule has 1 aromatic carbocycles. The van der Waals surface area contributed by atoms with E-state index in [0.717, 1.165) is 62.3 Å². The number of ether oxygens (including phenoxy) is 2. The molecule has 2 rings (SSSR count). The molecule has 0 aromatic heterocycles. The van der Waals surface area contributed by atoms with Crippen LogP contribution in [-0.2, 0) is 4.74 Å². The zero-order valence-electron chi connectivity index (χ0n) is 13.4. The van der Waals surface area contributed by atoms with Crippen molar-refractivity contribution in [1.29, 1.82) is 0 Å². The number of hydrogen-bond acceptors (Lipinski definition) is 4. The second kappa shape index (κ2) is 8.80. The minimum atomic E-state index is 0.761. The van der Waals surface area contributed by atoms with Crippen LogP contribution in [-0.4, -0.2) is 63.6 Å².